The summed E-state index contributed by atoms with van der Waals surface area (Å²) < 4.78 is 0. The molecule has 5 unspecified atom stereocenters. The van der Waals surface area contributed by atoms with E-state index in [0.717, 1.165) is 24.7 Å². The van der Waals surface area contributed by atoms with Crippen molar-refractivity contribution in [3.63, 3.8) is 0 Å². The molecule has 1 amide bonds. The average molecular weight is 263 g/mol. The first-order valence-corrected chi connectivity index (χ1v) is 7.72. The second-order valence-corrected chi connectivity index (χ2v) is 6.90. The van der Waals surface area contributed by atoms with Gasteiger partial charge in [-0.05, 0) is 62.2 Å². The van der Waals surface area contributed by atoms with Crippen LogP contribution in [0.25, 0.3) is 0 Å². The number of likely N-dealkylation sites (tertiary alicyclic amines) is 1. The maximum Gasteiger partial charge on any atom is 0.326 e. The molecule has 4 heteroatoms. The lowest BCUT2D eigenvalue weighted by Gasteiger charge is -2.33. The third kappa shape index (κ3) is 1.58. The molecule has 3 aliphatic carbocycles. The molecular formula is C15H21NO3. The number of piperidine rings is 1. The summed E-state index contributed by atoms with van der Waals surface area (Å²) in [6, 6.07) is -0.555. The van der Waals surface area contributed by atoms with Gasteiger partial charge in [-0.15, -0.1) is 0 Å². The number of hydrogen-bond acceptors (Lipinski definition) is 2. The molecule has 0 radical (unpaired) electrons. The van der Waals surface area contributed by atoms with E-state index in [2.05, 4.69) is 0 Å². The highest BCUT2D eigenvalue weighted by Gasteiger charge is 2.68. The van der Waals surface area contributed by atoms with Gasteiger partial charge in [-0.25, -0.2) is 4.79 Å². The van der Waals surface area contributed by atoms with Crippen LogP contribution in [0.2, 0.25) is 0 Å². The van der Waals surface area contributed by atoms with Crippen LogP contribution in [0.5, 0.6) is 0 Å². The summed E-state index contributed by atoms with van der Waals surface area (Å²) in [5.41, 5.74) is 0. The molecular weight excluding hydrogens is 242 g/mol. The van der Waals surface area contributed by atoms with Crippen LogP contribution < -0.4 is 0 Å². The van der Waals surface area contributed by atoms with Gasteiger partial charge >= 0.3 is 5.97 Å². The Labute approximate surface area is 113 Å². The smallest absolute Gasteiger partial charge is 0.326 e. The molecule has 104 valence electrons. The molecule has 1 aliphatic heterocycles. The number of hydrogen-bond donors (Lipinski definition) is 1. The van der Waals surface area contributed by atoms with Crippen LogP contribution in [0.4, 0.5) is 0 Å². The van der Waals surface area contributed by atoms with Crippen molar-refractivity contribution in [3.8, 4) is 0 Å². The number of nitrogens with zero attached hydrogens (tertiary/aromatic N) is 1. The van der Waals surface area contributed by atoms with Crippen molar-refractivity contribution < 1.29 is 14.7 Å². The van der Waals surface area contributed by atoms with Crippen LogP contribution in [-0.2, 0) is 9.59 Å². The monoisotopic (exact) mass is 263 g/mol. The van der Waals surface area contributed by atoms with Gasteiger partial charge in [0, 0.05) is 12.5 Å². The number of carbonyl (C=O) groups is 2. The van der Waals surface area contributed by atoms with Gasteiger partial charge in [0.05, 0.1) is 0 Å². The lowest BCUT2D eigenvalue weighted by atomic mass is 9.98. The summed E-state index contributed by atoms with van der Waals surface area (Å²) in [7, 11) is 0. The molecule has 4 nitrogen and oxygen atoms in total. The topological polar surface area (TPSA) is 57.6 Å². The van der Waals surface area contributed by atoms with Crippen molar-refractivity contribution in [2.24, 2.45) is 29.6 Å². The number of aliphatic carboxylic acids is 1. The molecule has 5 atom stereocenters. The highest BCUT2D eigenvalue weighted by Crippen LogP contribution is 2.69. The van der Waals surface area contributed by atoms with Gasteiger partial charge in [-0.3, -0.25) is 4.79 Å². The Morgan fingerprint density at radius 2 is 1.68 bits per heavy atom. The molecule has 2 bridgehead atoms. The number of carbonyl (C=O) groups excluding carboxylic acids is 1. The molecule has 4 fully saturated rings. The van der Waals surface area contributed by atoms with Crippen molar-refractivity contribution >= 4 is 11.9 Å². The molecule has 0 aromatic carbocycles. The van der Waals surface area contributed by atoms with E-state index in [1.807, 2.05) is 0 Å². The SMILES string of the molecule is O=C(O)C1CCCCN1C(=O)C1C2C3CCC(C3)C12. The van der Waals surface area contributed by atoms with Crippen LogP contribution >= 0.6 is 0 Å². The summed E-state index contributed by atoms with van der Waals surface area (Å²) in [5.74, 6) is 2.31. The average Bonchev–Trinajstić information content (AvgIpc) is 2.85. The Kier molecular flexibility index (Phi) is 2.45. The highest BCUT2D eigenvalue weighted by atomic mass is 16.4. The van der Waals surface area contributed by atoms with Gasteiger partial charge in [-0.1, -0.05) is 0 Å². The number of amides is 1. The van der Waals surface area contributed by atoms with Crippen molar-refractivity contribution in [1.29, 1.82) is 0 Å². The number of carboxylic acids is 1. The zero-order valence-electron chi connectivity index (χ0n) is 11.1. The molecule has 1 heterocycles. The van der Waals surface area contributed by atoms with E-state index in [0.29, 0.717) is 24.8 Å². The molecule has 0 spiro atoms. The van der Waals surface area contributed by atoms with Crippen molar-refractivity contribution in [2.45, 2.75) is 44.6 Å². The van der Waals surface area contributed by atoms with Crippen molar-refractivity contribution in [2.75, 3.05) is 6.54 Å². The number of carboxylic acid groups (broad SMARTS) is 1. The first-order valence-electron chi connectivity index (χ1n) is 7.72. The fourth-order valence-electron chi connectivity index (χ4n) is 5.30. The summed E-state index contributed by atoms with van der Waals surface area (Å²) in [4.78, 5) is 25.7. The Morgan fingerprint density at radius 1 is 1.00 bits per heavy atom. The maximum absolute atomic E-state index is 12.7. The second kappa shape index (κ2) is 3.97. The summed E-state index contributed by atoms with van der Waals surface area (Å²) >= 11 is 0. The van der Waals surface area contributed by atoms with Gasteiger partial charge in [-0.2, -0.15) is 0 Å². The summed E-state index contributed by atoms with van der Waals surface area (Å²) in [6.07, 6.45) is 6.47. The summed E-state index contributed by atoms with van der Waals surface area (Å²) in [5, 5.41) is 9.29. The Bertz CT molecular complexity index is 419. The third-order valence-electron chi connectivity index (χ3n) is 6.09. The zero-order chi connectivity index (χ0) is 13.1. The maximum atomic E-state index is 12.7. The van der Waals surface area contributed by atoms with E-state index in [1.165, 1.54) is 19.3 Å². The van der Waals surface area contributed by atoms with Crippen LogP contribution in [0.3, 0.4) is 0 Å². The van der Waals surface area contributed by atoms with Crippen LogP contribution in [0, 0.1) is 29.6 Å². The highest BCUT2D eigenvalue weighted by molar-refractivity contribution is 5.87. The molecule has 0 aromatic heterocycles. The molecule has 4 aliphatic rings. The van der Waals surface area contributed by atoms with E-state index >= 15 is 0 Å². The van der Waals surface area contributed by atoms with Gasteiger partial charge in [0.2, 0.25) is 5.91 Å². The molecule has 3 saturated carbocycles. The fraction of sp³-hybridized carbons (Fsp3) is 0.867. The van der Waals surface area contributed by atoms with E-state index in [1.54, 1.807) is 4.90 Å². The quantitative estimate of drug-likeness (QED) is 0.825. The normalized spacial score (nSPS) is 47.1. The molecule has 0 aromatic rings. The Hall–Kier alpha value is -1.06. The third-order valence-corrected chi connectivity index (χ3v) is 6.09. The van der Waals surface area contributed by atoms with Crippen LogP contribution in [-0.4, -0.2) is 34.5 Å². The standard InChI is InChI=1S/C15H21NO3/c17-14(16-6-2-1-3-10(16)15(18)19)13-11-8-4-5-9(7-8)12(11)13/h8-13H,1-7H2,(H,18,19). The first kappa shape index (κ1) is 11.7. The first-order chi connectivity index (χ1) is 9.18. The zero-order valence-corrected chi connectivity index (χ0v) is 11.1. The number of rotatable bonds is 2. The van der Waals surface area contributed by atoms with E-state index < -0.39 is 12.0 Å². The van der Waals surface area contributed by atoms with E-state index in [4.69, 9.17) is 0 Å². The Morgan fingerprint density at radius 3 is 2.32 bits per heavy atom. The van der Waals surface area contributed by atoms with Crippen molar-refractivity contribution in [1.82, 2.24) is 4.90 Å². The molecule has 4 rings (SSSR count). The minimum absolute atomic E-state index is 0.165. The molecule has 1 N–H and O–H groups in total. The predicted octanol–water partition coefficient (Wildman–Crippen LogP) is 1.74. The van der Waals surface area contributed by atoms with Gasteiger partial charge in [0.1, 0.15) is 6.04 Å². The summed E-state index contributed by atoms with van der Waals surface area (Å²) in [6.45, 7) is 0.654. The predicted molar refractivity (Wildman–Crippen MR) is 68.3 cm³/mol. The largest absolute Gasteiger partial charge is 0.480 e. The number of fused-ring (bicyclic) bond motifs is 5. The fourth-order valence-corrected chi connectivity index (χ4v) is 5.30. The second-order valence-electron chi connectivity index (χ2n) is 6.90. The van der Waals surface area contributed by atoms with Gasteiger partial charge in [0.25, 0.3) is 0 Å². The minimum atomic E-state index is -0.818. The molecule has 19 heavy (non-hydrogen) atoms. The van der Waals surface area contributed by atoms with Crippen LogP contribution in [0.15, 0.2) is 0 Å². The van der Waals surface area contributed by atoms with Crippen molar-refractivity contribution in [3.05, 3.63) is 0 Å². The lowest BCUT2D eigenvalue weighted by molar-refractivity contribution is -0.153. The molecule has 1 saturated heterocycles. The van der Waals surface area contributed by atoms with E-state index in [-0.39, 0.29) is 11.8 Å². The van der Waals surface area contributed by atoms with Gasteiger partial charge < -0.3 is 10.0 Å². The Balaban J connectivity index is 1.50. The lowest BCUT2D eigenvalue weighted by Crippen LogP contribution is -2.49. The minimum Gasteiger partial charge on any atom is -0.480 e. The van der Waals surface area contributed by atoms with Gasteiger partial charge in [0.15, 0.2) is 0 Å². The van der Waals surface area contributed by atoms with E-state index in [9.17, 15) is 14.7 Å². The van der Waals surface area contributed by atoms with Crippen LogP contribution in [0.1, 0.15) is 38.5 Å².